The van der Waals surface area contributed by atoms with E-state index in [1.165, 1.54) is 11.1 Å². The number of benzene rings is 2. The molecule has 1 atom stereocenters. The zero-order chi connectivity index (χ0) is 20.1. The Morgan fingerprint density at radius 1 is 1.11 bits per heavy atom. The summed E-state index contributed by atoms with van der Waals surface area (Å²) >= 11 is 0. The Kier molecular flexibility index (Phi) is 4.14. The fraction of sp³-hybridized carbons (Fsp3) is 0.348. The first-order valence-corrected chi connectivity index (χ1v) is 9.43. The van der Waals surface area contributed by atoms with E-state index in [1.807, 2.05) is 24.3 Å². The molecule has 2 heterocycles. The number of ether oxygens (including phenoxy) is 2. The molecule has 5 heteroatoms. The predicted molar refractivity (Wildman–Crippen MR) is 111 cm³/mol. The largest absolute Gasteiger partial charge is 0.497 e. The topological polar surface area (TPSA) is 50.8 Å². The summed E-state index contributed by atoms with van der Waals surface area (Å²) in [5, 5.41) is 3.25. The van der Waals surface area contributed by atoms with Gasteiger partial charge in [0.05, 0.1) is 20.8 Å². The van der Waals surface area contributed by atoms with Gasteiger partial charge < -0.3 is 19.7 Å². The number of nitrogens with one attached hydrogen (secondary N) is 1. The highest BCUT2D eigenvalue weighted by Crippen LogP contribution is 2.53. The van der Waals surface area contributed by atoms with Gasteiger partial charge in [-0.2, -0.15) is 0 Å². The molecule has 0 aromatic heterocycles. The van der Waals surface area contributed by atoms with Gasteiger partial charge in [0.15, 0.2) is 0 Å². The van der Waals surface area contributed by atoms with E-state index in [9.17, 15) is 4.79 Å². The Labute approximate surface area is 165 Å². The lowest BCUT2D eigenvalue weighted by Gasteiger charge is -2.40. The van der Waals surface area contributed by atoms with Gasteiger partial charge in [-0.25, -0.2) is 0 Å². The van der Waals surface area contributed by atoms with Crippen molar-refractivity contribution in [3.05, 3.63) is 59.2 Å². The van der Waals surface area contributed by atoms with Gasteiger partial charge in [0, 0.05) is 16.7 Å². The minimum atomic E-state index is -0.631. The third-order valence-corrected chi connectivity index (χ3v) is 6.07. The van der Waals surface area contributed by atoms with E-state index in [1.54, 1.807) is 14.2 Å². The molecule has 0 saturated carbocycles. The second-order valence-electron chi connectivity index (χ2n) is 7.99. The van der Waals surface area contributed by atoms with E-state index in [0.29, 0.717) is 6.54 Å². The summed E-state index contributed by atoms with van der Waals surface area (Å²) in [6, 6.07) is 12.1. The van der Waals surface area contributed by atoms with Gasteiger partial charge in [0.25, 0.3) is 0 Å². The third kappa shape index (κ3) is 2.49. The molecule has 2 aromatic rings. The first-order chi connectivity index (χ1) is 13.3. The molecule has 28 heavy (non-hydrogen) atoms. The molecule has 0 spiro atoms. The summed E-state index contributed by atoms with van der Waals surface area (Å²) in [6.07, 6.45) is 4.10. The van der Waals surface area contributed by atoms with Gasteiger partial charge in [0.2, 0.25) is 5.91 Å². The molecule has 0 aliphatic carbocycles. The van der Waals surface area contributed by atoms with Crippen molar-refractivity contribution in [2.75, 3.05) is 25.7 Å². The number of fused-ring (bicyclic) bond motifs is 3. The van der Waals surface area contributed by atoms with Crippen LogP contribution in [-0.2, 0) is 10.2 Å². The number of hydrogen-bond donors (Lipinski definition) is 1. The van der Waals surface area contributed by atoms with Crippen molar-refractivity contribution >= 4 is 17.7 Å². The third-order valence-electron chi connectivity index (χ3n) is 6.07. The van der Waals surface area contributed by atoms with E-state index in [4.69, 9.17) is 9.47 Å². The lowest BCUT2D eigenvalue weighted by atomic mass is 9.75. The van der Waals surface area contributed by atoms with Gasteiger partial charge in [-0.1, -0.05) is 37.6 Å². The molecule has 0 bridgehead atoms. The maximum atomic E-state index is 12.4. The first kappa shape index (κ1) is 18.4. The van der Waals surface area contributed by atoms with Gasteiger partial charge in [-0.15, -0.1) is 0 Å². The quantitative estimate of drug-likeness (QED) is 0.882. The van der Waals surface area contributed by atoms with Crippen molar-refractivity contribution < 1.29 is 14.3 Å². The average Bonchev–Trinajstić information content (AvgIpc) is 3.10. The van der Waals surface area contributed by atoms with E-state index >= 15 is 0 Å². The highest BCUT2D eigenvalue weighted by Gasteiger charge is 2.59. The Bertz CT molecular complexity index is 980. The number of aryl methyl sites for hydroxylation is 1. The van der Waals surface area contributed by atoms with Crippen molar-refractivity contribution in [1.82, 2.24) is 5.32 Å². The highest BCUT2D eigenvalue weighted by molar-refractivity contribution is 5.91. The number of carbonyl (C=O) groups excluding carboxylic acids is 1. The molecule has 1 fully saturated rings. The van der Waals surface area contributed by atoms with Crippen molar-refractivity contribution in [3.63, 3.8) is 0 Å². The number of anilines is 1. The number of carbonyl (C=O) groups is 1. The molecule has 1 saturated heterocycles. The van der Waals surface area contributed by atoms with Crippen LogP contribution in [0, 0.1) is 6.92 Å². The van der Waals surface area contributed by atoms with Crippen LogP contribution in [0.1, 0.15) is 30.5 Å². The van der Waals surface area contributed by atoms with Crippen molar-refractivity contribution in [1.29, 1.82) is 0 Å². The van der Waals surface area contributed by atoms with E-state index in [-0.39, 0.29) is 11.3 Å². The zero-order valence-corrected chi connectivity index (χ0v) is 17.0. The number of rotatable bonds is 4. The highest BCUT2D eigenvalue weighted by atomic mass is 16.5. The second kappa shape index (κ2) is 6.30. The van der Waals surface area contributed by atoms with Crippen molar-refractivity contribution in [2.45, 2.75) is 31.8 Å². The molecule has 146 valence electrons. The van der Waals surface area contributed by atoms with Gasteiger partial charge in [-0.05, 0) is 42.8 Å². The molecular weight excluding hydrogens is 352 g/mol. The number of nitrogens with zero attached hydrogens (tertiary/aromatic N) is 1. The molecule has 1 N–H and O–H groups in total. The summed E-state index contributed by atoms with van der Waals surface area (Å²) in [5.74, 6) is 1.55. The Morgan fingerprint density at radius 2 is 1.89 bits per heavy atom. The number of methoxy groups -OCH3 is 2. The van der Waals surface area contributed by atoms with Crippen LogP contribution < -0.4 is 19.7 Å². The average molecular weight is 378 g/mol. The van der Waals surface area contributed by atoms with Crippen LogP contribution in [0.15, 0.2) is 42.5 Å². The van der Waals surface area contributed by atoms with Crippen molar-refractivity contribution in [3.8, 4) is 11.5 Å². The smallest absolute Gasteiger partial charge is 0.241 e. The second-order valence-corrected chi connectivity index (χ2v) is 7.99. The molecule has 5 nitrogen and oxygen atoms in total. The van der Waals surface area contributed by atoms with Gasteiger partial charge >= 0.3 is 0 Å². The monoisotopic (exact) mass is 378 g/mol. The lowest BCUT2D eigenvalue weighted by Crippen LogP contribution is -2.58. The molecule has 4 rings (SSSR count). The van der Waals surface area contributed by atoms with Crippen LogP contribution in [0.3, 0.4) is 0 Å². The summed E-state index contributed by atoms with van der Waals surface area (Å²) < 4.78 is 10.9. The SMILES string of the molecule is COc1ccc(OC)c(/C=C/[C@@]23NC(=O)CN2c2ccc(C)cc2C3(C)C)c1. The van der Waals surface area contributed by atoms with Gasteiger partial charge in [0.1, 0.15) is 17.2 Å². The van der Waals surface area contributed by atoms with Crippen LogP contribution in [0.2, 0.25) is 0 Å². The number of amides is 1. The molecular formula is C23H26N2O3. The zero-order valence-electron chi connectivity index (χ0n) is 17.0. The summed E-state index contributed by atoms with van der Waals surface area (Å²) in [6.45, 7) is 6.81. The molecule has 2 aromatic carbocycles. The normalized spacial score (nSPS) is 22.2. The maximum Gasteiger partial charge on any atom is 0.241 e. The standard InChI is InChI=1S/C23H26N2O3/c1-15-6-8-19-18(12-15)22(2,3)23(24-21(26)14-25(19)23)11-10-16-13-17(27-4)7-9-20(16)28-5/h6-13H,14H2,1-5H3,(H,24,26)/b11-10+/t23-/m1/s1. The maximum absolute atomic E-state index is 12.4. The summed E-state index contributed by atoms with van der Waals surface area (Å²) in [7, 11) is 3.30. The fourth-order valence-electron chi connectivity index (χ4n) is 4.47. The van der Waals surface area contributed by atoms with E-state index in [2.05, 4.69) is 55.3 Å². The first-order valence-electron chi connectivity index (χ1n) is 9.43. The van der Waals surface area contributed by atoms with E-state index < -0.39 is 5.66 Å². The Morgan fingerprint density at radius 3 is 2.61 bits per heavy atom. The minimum absolute atomic E-state index is 0.0292. The van der Waals surface area contributed by atoms with Crippen LogP contribution in [0.25, 0.3) is 6.08 Å². The van der Waals surface area contributed by atoms with E-state index in [0.717, 1.165) is 22.7 Å². The van der Waals surface area contributed by atoms with Crippen LogP contribution in [0.4, 0.5) is 5.69 Å². The predicted octanol–water partition coefficient (Wildman–Crippen LogP) is 3.65. The molecule has 2 aliphatic heterocycles. The summed E-state index contributed by atoms with van der Waals surface area (Å²) in [4.78, 5) is 14.6. The lowest BCUT2D eigenvalue weighted by molar-refractivity contribution is -0.118. The van der Waals surface area contributed by atoms with Crippen LogP contribution in [0.5, 0.6) is 11.5 Å². The fourth-order valence-corrected chi connectivity index (χ4v) is 4.47. The van der Waals surface area contributed by atoms with Crippen LogP contribution >= 0.6 is 0 Å². The molecule has 2 aliphatic rings. The van der Waals surface area contributed by atoms with Gasteiger partial charge in [-0.3, -0.25) is 4.79 Å². The van der Waals surface area contributed by atoms with Crippen molar-refractivity contribution in [2.24, 2.45) is 0 Å². The summed E-state index contributed by atoms with van der Waals surface area (Å²) in [5.41, 5.74) is 3.54. The molecule has 0 radical (unpaired) electrons. The number of hydrogen-bond acceptors (Lipinski definition) is 4. The van der Waals surface area contributed by atoms with Crippen LogP contribution in [-0.4, -0.2) is 32.3 Å². The molecule has 0 unspecified atom stereocenters. The Balaban J connectivity index is 1.84. The molecule has 1 amide bonds. The Hall–Kier alpha value is -2.95. The minimum Gasteiger partial charge on any atom is -0.497 e.